The van der Waals surface area contributed by atoms with Gasteiger partial charge in [-0.3, -0.25) is 0 Å². The Kier molecular flexibility index (Phi) is 5.86. The van der Waals surface area contributed by atoms with E-state index in [4.69, 9.17) is 15.9 Å². The lowest BCUT2D eigenvalue weighted by Crippen LogP contribution is -2.37. The van der Waals surface area contributed by atoms with Crippen molar-refractivity contribution in [3.8, 4) is 17.0 Å². The van der Waals surface area contributed by atoms with Gasteiger partial charge in [0.25, 0.3) is 0 Å². The molecule has 0 unspecified atom stereocenters. The highest BCUT2D eigenvalue weighted by atomic mass is 16.5. The average molecular weight is 434 g/mol. The van der Waals surface area contributed by atoms with Gasteiger partial charge < -0.3 is 36.3 Å². The maximum absolute atomic E-state index is 12.3. The number of nitrogens with one attached hydrogen (secondary N) is 2. The number of carboxylic acid groups (broad SMARTS) is 1. The summed E-state index contributed by atoms with van der Waals surface area (Å²) in [6.07, 6.45) is 1.12. The lowest BCUT2D eigenvalue weighted by Gasteiger charge is -2.28. The number of phenols is 1. The number of hydrogen-bond donors (Lipinski definition) is 5. The van der Waals surface area contributed by atoms with Gasteiger partial charge in [-0.2, -0.15) is 4.98 Å². The number of benzene rings is 2. The van der Waals surface area contributed by atoms with Gasteiger partial charge in [-0.1, -0.05) is 12.1 Å². The summed E-state index contributed by atoms with van der Waals surface area (Å²) in [6.45, 7) is 2.14. The molecule has 164 valence electrons. The topological polar surface area (TPSA) is 158 Å². The van der Waals surface area contributed by atoms with Gasteiger partial charge in [-0.25, -0.2) is 9.78 Å². The van der Waals surface area contributed by atoms with Crippen LogP contribution in [0.3, 0.4) is 0 Å². The summed E-state index contributed by atoms with van der Waals surface area (Å²) in [4.78, 5) is 23.3. The molecule has 0 saturated carbocycles. The molecule has 1 aliphatic rings. The number of nitrogen functional groups attached to an aromatic ring is 1. The van der Waals surface area contributed by atoms with E-state index in [2.05, 4.69) is 15.3 Å². The van der Waals surface area contributed by atoms with Crippen LogP contribution < -0.4 is 16.0 Å². The van der Waals surface area contributed by atoms with E-state index in [0.29, 0.717) is 54.8 Å². The van der Waals surface area contributed by atoms with E-state index in [0.717, 1.165) is 6.21 Å². The van der Waals surface area contributed by atoms with Gasteiger partial charge in [0.15, 0.2) is 5.82 Å². The lowest BCUT2D eigenvalue weighted by molar-refractivity contribution is 0.0698. The first-order chi connectivity index (χ1) is 15.5. The second-order valence-electron chi connectivity index (χ2n) is 7.16. The van der Waals surface area contributed by atoms with Crippen molar-refractivity contribution in [3.05, 3.63) is 53.6 Å². The zero-order valence-electron chi connectivity index (χ0n) is 17.1. The molecule has 3 aromatic rings. The van der Waals surface area contributed by atoms with E-state index in [1.165, 1.54) is 12.1 Å². The largest absolute Gasteiger partial charge is 0.508 e. The molecule has 0 radical (unpaired) electrons. The van der Waals surface area contributed by atoms with Gasteiger partial charge in [0.1, 0.15) is 11.3 Å². The first kappa shape index (κ1) is 21.1. The van der Waals surface area contributed by atoms with Crippen LogP contribution in [0, 0.1) is 5.41 Å². The molecular weight excluding hydrogens is 412 g/mol. The van der Waals surface area contributed by atoms with Gasteiger partial charge in [0.05, 0.1) is 18.9 Å². The molecule has 0 spiro atoms. The number of aromatic nitrogens is 2. The van der Waals surface area contributed by atoms with Crippen molar-refractivity contribution in [1.82, 2.24) is 9.97 Å². The third-order valence-corrected chi connectivity index (χ3v) is 5.03. The van der Waals surface area contributed by atoms with Crippen LogP contribution in [0.15, 0.2) is 42.5 Å². The van der Waals surface area contributed by atoms with E-state index in [1.807, 2.05) is 4.90 Å². The highest BCUT2D eigenvalue weighted by molar-refractivity contribution is 6.01. The van der Waals surface area contributed by atoms with Gasteiger partial charge in [-0.15, -0.1) is 0 Å². The Morgan fingerprint density at radius 1 is 1.19 bits per heavy atom. The molecule has 0 atom stereocenters. The summed E-state index contributed by atoms with van der Waals surface area (Å²) in [5, 5.41) is 30.5. The van der Waals surface area contributed by atoms with Crippen molar-refractivity contribution in [1.29, 1.82) is 5.41 Å². The highest BCUT2D eigenvalue weighted by Gasteiger charge is 2.25. The number of hydrogen-bond acceptors (Lipinski definition) is 9. The van der Waals surface area contributed by atoms with Crippen LogP contribution in [0.5, 0.6) is 5.75 Å². The zero-order valence-corrected chi connectivity index (χ0v) is 17.1. The van der Waals surface area contributed by atoms with Crippen LogP contribution in [0.25, 0.3) is 11.3 Å². The molecule has 1 fully saturated rings. The van der Waals surface area contributed by atoms with Crippen LogP contribution in [0.4, 0.5) is 23.1 Å². The molecular formula is C22H22N6O4. The summed E-state index contributed by atoms with van der Waals surface area (Å²) in [5.41, 5.74) is 7.79. The van der Waals surface area contributed by atoms with E-state index < -0.39 is 5.97 Å². The molecule has 10 nitrogen and oxygen atoms in total. The fourth-order valence-corrected chi connectivity index (χ4v) is 3.42. The van der Waals surface area contributed by atoms with Crippen molar-refractivity contribution in [3.63, 3.8) is 0 Å². The molecule has 0 amide bonds. The number of aromatic hydroxyl groups is 1. The molecule has 4 rings (SSSR count). The number of anilines is 4. The molecule has 1 aliphatic heterocycles. The minimum Gasteiger partial charge on any atom is -0.508 e. The second kappa shape index (κ2) is 8.90. The van der Waals surface area contributed by atoms with Gasteiger partial charge >= 0.3 is 5.97 Å². The number of morpholine rings is 1. The number of carboxylic acids is 1. The molecule has 2 aromatic carbocycles. The summed E-state index contributed by atoms with van der Waals surface area (Å²) in [5.74, 6) is -0.786. The van der Waals surface area contributed by atoms with E-state index in [1.54, 1.807) is 30.3 Å². The number of rotatable bonds is 6. The van der Waals surface area contributed by atoms with Crippen LogP contribution in [-0.2, 0) is 4.74 Å². The van der Waals surface area contributed by atoms with E-state index in [9.17, 15) is 15.0 Å². The Hall–Kier alpha value is -4.18. The maximum atomic E-state index is 12.3. The smallest absolute Gasteiger partial charge is 0.341 e. The van der Waals surface area contributed by atoms with E-state index >= 15 is 0 Å². The SMILES string of the molecule is N=Cc1cc(Nc2nc(N3CCOCC3)nc(-c3cccc(O)c3)c2C(=O)O)ccc1N. The third kappa shape index (κ3) is 4.30. The fraction of sp³-hybridized carbons (Fsp3) is 0.182. The summed E-state index contributed by atoms with van der Waals surface area (Å²) in [7, 11) is 0. The monoisotopic (exact) mass is 434 g/mol. The molecule has 32 heavy (non-hydrogen) atoms. The van der Waals surface area contributed by atoms with Gasteiger partial charge in [0, 0.05) is 41.8 Å². The number of ether oxygens (including phenoxy) is 1. The minimum absolute atomic E-state index is 0.00552. The highest BCUT2D eigenvalue weighted by Crippen LogP contribution is 2.33. The Labute approximate surface area is 183 Å². The maximum Gasteiger partial charge on any atom is 0.341 e. The standard InChI is InChI=1S/C22H22N6O4/c23-12-14-10-15(4-5-17(14)24)25-20-18(21(30)31)19(13-2-1-3-16(29)11-13)26-22(27-20)28-6-8-32-9-7-28/h1-5,10-12,23,29H,6-9,24H2,(H,30,31)(H,25,26,27). The lowest BCUT2D eigenvalue weighted by atomic mass is 10.1. The van der Waals surface area contributed by atoms with Crippen LogP contribution in [0.1, 0.15) is 15.9 Å². The van der Waals surface area contributed by atoms with Gasteiger partial charge in [0.2, 0.25) is 5.95 Å². The Morgan fingerprint density at radius 3 is 2.66 bits per heavy atom. The second-order valence-corrected chi connectivity index (χ2v) is 7.16. The number of aromatic carboxylic acids is 1. The quantitative estimate of drug-likeness (QED) is 0.290. The first-order valence-corrected chi connectivity index (χ1v) is 9.90. The third-order valence-electron chi connectivity index (χ3n) is 5.03. The number of phenolic OH excluding ortho intramolecular Hbond substituents is 1. The van der Waals surface area contributed by atoms with E-state index in [-0.39, 0.29) is 22.8 Å². The molecule has 1 saturated heterocycles. The Morgan fingerprint density at radius 2 is 1.97 bits per heavy atom. The average Bonchev–Trinajstić information content (AvgIpc) is 2.80. The molecule has 6 N–H and O–H groups in total. The van der Waals surface area contributed by atoms with Crippen molar-refractivity contribution in [2.75, 3.05) is 42.3 Å². The Bertz CT molecular complexity index is 1180. The molecule has 2 heterocycles. The number of nitrogens with zero attached hydrogens (tertiary/aromatic N) is 3. The summed E-state index contributed by atoms with van der Waals surface area (Å²) < 4.78 is 5.40. The summed E-state index contributed by atoms with van der Waals surface area (Å²) in [6, 6.07) is 11.2. The van der Waals surface area contributed by atoms with Crippen LogP contribution >= 0.6 is 0 Å². The van der Waals surface area contributed by atoms with Crippen molar-refractivity contribution < 1.29 is 19.7 Å². The molecule has 1 aromatic heterocycles. The van der Waals surface area contributed by atoms with Crippen LogP contribution in [0.2, 0.25) is 0 Å². The summed E-state index contributed by atoms with van der Waals surface area (Å²) >= 11 is 0. The van der Waals surface area contributed by atoms with Gasteiger partial charge in [-0.05, 0) is 30.3 Å². The molecule has 0 aliphatic carbocycles. The predicted octanol–water partition coefficient (Wildman–Crippen LogP) is 2.71. The van der Waals surface area contributed by atoms with Crippen molar-refractivity contribution in [2.45, 2.75) is 0 Å². The minimum atomic E-state index is -1.22. The fourth-order valence-electron chi connectivity index (χ4n) is 3.42. The van der Waals surface area contributed by atoms with Crippen molar-refractivity contribution >= 4 is 35.3 Å². The van der Waals surface area contributed by atoms with Crippen LogP contribution in [-0.4, -0.2) is 58.7 Å². The molecule has 0 bridgehead atoms. The number of nitrogens with two attached hydrogens (primary N) is 1. The zero-order chi connectivity index (χ0) is 22.7. The predicted molar refractivity (Wildman–Crippen MR) is 121 cm³/mol. The van der Waals surface area contributed by atoms with Crippen molar-refractivity contribution in [2.24, 2.45) is 0 Å². The molecule has 10 heteroatoms. The Balaban J connectivity index is 1.89. The first-order valence-electron chi connectivity index (χ1n) is 9.90. The normalized spacial score (nSPS) is 13.6. The number of carbonyl (C=O) groups is 1.